The summed E-state index contributed by atoms with van der Waals surface area (Å²) in [5.74, 6) is 0. The fourth-order valence-electron chi connectivity index (χ4n) is 8.35. The summed E-state index contributed by atoms with van der Waals surface area (Å²) < 4.78 is 4.75. The SMILES string of the molecule is CC1(C)c2ccc(-c3ccc4c(ccn4-c4ccccc4)c3)cc2-c2ccc3ccc4c5ccccc5n(-c5ccccc5)c4c3c21. The predicted molar refractivity (Wildman–Crippen MR) is 198 cm³/mol. The lowest BCUT2D eigenvalue weighted by Crippen LogP contribution is -2.16. The molecule has 0 fully saturated rings. The van der Waals surface area contributed by atoms with E-state index in [-0.39, 0.29) is 5.41 Å². The zero-order valence-corrected chi connectivity index (χ0v) is 26.4. The van der Waals surface area contributed by atoms with Crippen LogP contribution in [0.3, 0.4) is 0 Å². The molecule has 2 aromatic heterocycles. The zero-order chi connectivity index (χ0) is 31.3. The highest BCUT2D eigenvalue weighted by atomic mass is 15.0. The second kappa shape index (κ2) is 9.57. The van der Waals surface area contributed by atoms with Crippen molar-refractivity contribution in [3.63, 3.8) is 0 Å². The largest absolute Gasteiger partial charge is 0.317 e. The second-order valence-electron chi connectivity index (χ2n) is 13.4. The summed E-state index contributed by atoms with van der Waals surface area (Å²) in [6.07, 6.45) is 2.17. The first-order chi connectivity index (χ1) is 23.1. The molecule has 0 spiro atoms. The van der Waals surface area contributed by atoms with E-state index in [2.05, 4.69) is 181 Å². The van der Waals surface area contributed by atoms with Crippen molar-refractivity contribution < 1.29 is 0 Å². The third-order valence-corrected chi connectivity index (χ3v) is 10.5. The molecule has 0 saturated heterocycles. The number of hydrogen-bond acceptors (Lipinski definition) is 0. The molecule has 1 aliphatic carbocycles. The van der Waals surface area contributed by atoms with E-state index in [4.69, 9.17) is 0 Å². The summed E-state index contributed by atoms with van der Waals surface area (Å²) >= 11 is 0. The number of hydrogen-bond donors (Lipinski definition) is 0. The van der Waals surface area contributed by atoms with Gasteiger partial charge in [-0.05, 0) is 93.4 Å². The molecule has 0 bridgehead atoms. The number of para-hydroxylation sites is 3. The molecule has 1 aliphatic rings. The Morgan fingerprint density at radius 3 is 2.02 bits per heavy atom. The van der Waals surface area contributed by atoms with Gasteiger partial charge in [-0.2, -0.15) is 0 Å². The Morgan fingerprint density at radius 2 is 1.19 bits per heavy atom. The normalized spacial score (nSPS) is 13.5. The Bertz CT molecular complexity index is 2690. The van der Waals surface area contributed by atoms with Gasteiger partial charge in [-0.15, -0.1) is 0 Å². The van der Waals surface area contributed by atoms with Crippen molar-refractivity contribution in [3.8, 4) is 33.6 Å². The summed E-state index contributed by atoms with van der Waals surface area (Å²) in [6, 6.07) is 55.8. The van der Waals surface area contributed by atoms with Crippen molar-refractivity contribution in [2.75, 3.05) is 0 Å². The molecule has 10 rings (SSSR count). The van der Waals surface area contributed by atoms with Crippen LogP contribution in [-0.2, 0) is 5.41 Å². The topological polar surface area (TPSA) is 9.86 Å². The van der Waals surface area contributed by atoms with Crippen molar-refractivity contribution >= 4 is 43.5 Å². The predicted octanol–water partition coefficient (Wildman–Crippen LogP) is 11.9. The summed E-state index contributed by atoms with van der Waals surface area (Å²) in [5, 5.41) is 6.47. The van der Waals surface area contributed by atoms with Crippen molar-refractivity contribution in [2.45, 2.75) is 19.3 Å². The molecule has 0 N–H and O–H groups in total. The van der Waals surface area contributed by atoms with Gasteiger partial charge in [0.25, 0.3) is 0 Å². The Morgan fingerprint density at radius 1 is 0.489 bits per heavy atom. The first-order valence-electron chi connectivity index (χ1n) is 16.4. The van der Waals surface area contributed by atoms with E-state index in [9.17, 15) is 0 Å². The maximum atomic E-state index is 2.48. The lowest BCUT2D eigenvalue weighted by atomic mass is 9.79. The smallest absolute Gasteiger partial charge is 0.0622 e. The van der Waals surface area contributed by atoms with Crippen LogP contribution in [-0.4, -0.2) is 9.13 Å². The van der Waals surface area contributed by atoms with Crippen LogP contribution in [0.15, 0.2) is 158 Å². The first-order valence-corrected chi connectivity index (χ1v) is 16.4. The standard InChI is InChI=1S/C45H32N2/c1-45(2)39-23-19-31(30-20-24-40-32(27-30)25-26-46(40)33-11-5-3-6-12-33)28-38(39)36-21-17-29-18-22-37-35-15-9-10-16-41(35)47(34-13-7-4-8-14-34)44(37)42(29)43(36)45/h3-28H,1-2H3. The Kier molecular flexibility index (Phi) is 5.37. The van der Waals surface area contributed by atoms with Gasteiger partial charge in [-0.3, -0.25) is 0 Å². The fraction of sp³-hybridized carbons (Fsp3) is 0.0667. The van der Waals surface area contributed by atoms with Crippen LogP contribution in [0.1, 0.15) is 25.0 Å². The van der Waals surface area contributed by atoms with Crippen LogP contribution in [0.4, 0.5) is 0 Å². The highest BCUT2D eigenvalue weighted by Crippen LogP contribution is 2.54. The van der Waals surface area contributed by atoms with Gasteiger partial charge in [-0.25, -0.2) is 0 Å². The van der Waals surface area contributed by atoms with E-state index in [0.29, 0.717) is 0 Å². The Hall–Kier alpha value is -5.86. The van der Waals surface area contributed by atoms with Crippen molar-refractivity contribution in [1.82, 2.24) is 9.13 Å². The van der Waals surface area contributed by atoms with Gasteiger partial charge in [0.1, 0.15) is 0 Å². The molecule has 2 nitrogen and oxygen atoms in total. The van der Waals surface area contributed by atoms with Crippen LogP contribution in [0.25, 0.3) is 77.1 Å². The summed E-state index contributed by atoms with van der Waals surface area (Å²) in [6.45, 7) is 4.81. The van der Waals surface area contributed by atoms with E-state index in [0.717, 1.165) is 0 Å². The van der Waals surface area contributed by atoms with Crippen LogP contribution < -0.4 is 0 Å². The molecule has 2 heteroatoms. The van der Waals surface area contributed by atoms with Gasteiger partial charge in [0.05, 0.1) is 16.6 Å². The number of aromatic nitrogens is 2. The lowest BCUT2D eigenvalue weighted by Gasteiger charge is -2.24. The minimum absolute atomic E-state index is 0.161. The molecule has 0 unspecified atom stereocenters. The second-order valence-corrected chi connectivity index (χ2v) is 13.4. The molecule has 0 amide bonds. The maximum absolute atomic E-state index is 2.48. The maximum Gasteiger partial charge on any atom is 0.0622 e. The summed E-state index contributed by atoms with van der Waals surface area (Å²) in [4.78, 5) is 0. The molecular formula is C45H32N2. The van der Waals surface area contributed by atoms with Gasteiger partial charge in [0.2, 0.25) is 0 Å². The Balaban J connectivity index is 1.20. The van der Waals surface area contributed by atoms with Gasteiger partial charge >= 0.3 is 0 Å². The summed E-state index contributed by atoms with van der Waals surface area (Å²) in [5.41, 5.74) is 13.9. The molecule has 47 heavy (non-hydrogen) atoms. The van der Waals surface area contributed by atoms with E-state index in [1.807, 2.05) is 0 Å². The van der Waals surface area contributed by atoms with E-state index in [1.165, 1.54) is 88.2 Å². The molecule has 7 aromatic carbocycles. The van der Waals surface area contributed by atoms with Gasteiger partial charge in [-0.1, -0.05) is 111 Å². The van der Waals surface area contributed by atoms with Crippen LogP contribution in [0.5, 0.6) is 0 Å². The monoisotopic (exact) mass is 600 g/mol. The fourth-order valence-corrected chi connectivity index (χ4v) is 8.35. The van der Waals surface area contributed by atoms with Gasteiger partial charge in [0.15, 0.2) is 0 Å². The van der Waals surface area contributed by atoms with Crippen molar-refractivity contribution in [3.05, 3.63) is 169 Å². The molecule has 222 valence electrons. The number of benzene rings is 7. The molecule has 0 atom stereocenters. The molecule has 0 saturated carbocycles. The quantitative estimate of drug-likeness (QED) is 0.191. The van der Waals surface area contributed by atoms with Crippen molar-refractivity contribution in [1.29, 1.82) is 0 Å². The Labute approximate surface area is 273 Å². The first kappa shape index (κ1) is 26.4. The highest BCUT2D eigenvalue weighted by molar-refractivity contribution is 6.21. The zero-order valence-electron chi connectivity index (χ0n) is 26.4. The highest BCUT2D eigenvalue weighted by Gasteiger charge is 2.38. The average molecular weight is 601 g/mol. The average Bonchev–Trinajstić information content (AvgIpc) is 3.77. The van der Waals surface area contributed by atoms with Crippen LogP contribution in [0.2, 0.25) is 0 Å². The molecule has 0 radical (unpaired) electrons. The molecule has 9 aromatic rings. The molecule has 2 heterocycles. The third kappa shape index (κ3) is 3.67. The number of rotatable bonds is 3. The van der Waals surface area contributed by atoms with Crippen LogP contribution >= 0.6 is 0 Å². The minimum atomic E-state index is -0.161. The van der Waals surface area contributed by atoms with Crippen molar-refractivity contribution in [2.24, 2.45) is 0 Å². The van der Waals surface area contributed by atoms with E-state index < -0.39 is 0 Å². The minimum Gasteiger partial charge on any atom is -0.317 e. The lowest BCUT2D eigenvalue weighted by molar-refractivity contribution is 0.666. The van der Waals surface area contributed by atoms with Gasteiger partial charge < -0.3 is 9.13 Å². The van der Waals surface area contributed by atoms with Gasteiger partial charge in [0, 0.05) is 44.5 Å². The summed E-state index contributed by atoms with van der Waals surface area (Å²) in [7, 11) is 0. The van der Waals surface area contributed by atoms with Crippen LogP contribution in [0, 0.1) is 0 Å². The molecular weight excluding hydrogens is 569 g/mol. The van der Waals surface area contributed by atoms with E-state index in [1.54, 1.807) is 0 Å². The number of nitrogens with zero attached hydrogens (tertiary/aromatic N) is 2. The third-order valence-electron chi connectivity index (χ3n) is 10.5. The number of fused-ring (bicyclic) bond motifs is 10. The van der Waals surface area contributed by atoms with E-state index >= 15 is 0 Å². The molecule has 0 aliphatic heterocycles.